The van der Waals surface area contributed by atoms with Crippen LogP contribution in [-0.2, 0) is 5.41 Å². The molecule has 2 atom stereocenters. The number of ketones is 1. The standard InChI is InChI=1S/C18H15NO2/c1-21-15-9-7-14(8-10-15)18(12-19)11-16(18)17(20)13-5-3-2-4-6-13/h2-10,16H,11H2,1H3. The van der Waals surface area contributed by atoms with E-state index in [0.29, 0.717) is 12.0 Å². The number of nitrogens with zero attached hydrogens (tertiary/aromatic N) is 1. The van der Waals surface area contributed by atoms with Gasteiger partial charge in [0.05, 0.1) is 18.6 Å². The van der Waals surface area contributed by atoms with E-state index in [4.69, 9.17) is 4.74 Å². The first-order chi connectivity index (χ1) is 10.2. The lowest BCUT2D eigenvalue weighted by molar-refractivity contribution is 0.0961. The molecule has 0 radical (unpaired) electrons. The van der Waals surface area contributed by atoms with Crippen molar-refractivity contribution >= 4 is 5.78 Å². The molecule has 1 aliphatic rings. The van der Waals surface area contributed by atoms with Crippen molar-refractivity contribution in [1.29, 1.82) is 5.26 Å². The van der Waals surface area contributed by atoms with Crippen molar-refractivity contribution in [2.45, 2.75) is 11.8 Å². The van der Waals surface area contributed by atoms with E-state index in [0.717, 1.165) is 11.3 Å². The third-order valence-corrected chi connectivity index (χ3v) is 4.14. The lowest BCUT2D eigenvalue weighted by Gasteiger charge is -2.10. The highest BCUT2D eigenvalue weighted by molar-refractivity contribution is 6.01. The second-order valence-corrected chi connectivity index (χ2v) is 5.30. The second kappa shape index (κ2) is 5.06. The highest BCUT2D eigenvalue weighted by Crippen LogP contribution is 2.55. The molecule has 0 N–H and O–H groups in total. The highest BCUT2D eigenvalue weighted by atomic mass is 16.5. The molecular formula is C18H15NO2. The number of carbonyl (C=O) groups excluding carboxylic acids is 1. The molecule has 3 heteroatoms. The number of hydrogen-bond acceptors (Lipinski definition) is 3. The molecule has 0 bridgehead atoms. The average Bonchev–Trinajstić information content (AvgIpc) is 3.31. The molecule has 0 amide bonds. The summed E-state index contributed by atoms with van der Waals surface area (Å²) in [5, 5.41) is 9.57. The van der Waals surface area contributed by atoms with E-state index in [1.54, 1.807) is 19.2 Å². The molecule has 0 aromatic heterocycles. The largest absolute Gasteiger partial charge is 0.497 e. The van der Waals surface area contributed by atoms with Gasteiger partial charge < -0.3 is 4.74 Å². The van der Waals surface area contributed by atoms with Crippen molar-refractivity contribution < 1.29 is 9.53 Å². The maximum absolute atomic E-state index is 12.5. The van der Waals surface area contributed by atoms with Crippen LogP contribution >= 0.6 is 0 Å². The SMILES string of the molecule is COc1ccc(C2(C#N)CC2C(=O)c2ccccc2)cc1. The van der Waals surface area contributed by atoms with Crippen LogP contribution < -0.4 is 4.74 Å². The monoisotopic (exact) mass is 277 g/mol. The first-order valence-electron chi connectivity index (χ1n) is 6.86. The Morgan fingerprint density at radius 1 is 1.19 bits per heavy atom. The van der Waals surface area contributed by atoms with Gasteiger partial charge in [-0.15, -0.1) is 0 Å². The quantitative estimate of drug-likeness (QED) is 0.805. The van der Waals surface area contributed by atoms with Gasteiger partial charge in [0.1, 0.15) is 5.75 Å². The van der Waals surface area contributed by atoms with Gasteiger partial charge in [-0.1, -0.05) is 42.5 Å². The molecule has 2 aromatic rings. The van der Waals surface area contributed by atoms with Gasteiger partial charge in [0, 0.05) is 11.5 Å². The summed E-state index contributed by atoms with van der Waals surface area (Å²) in [5.74, 6) is 0.546. The van der Waals surface area contributed by atoms with E-state index >= 15 is 0 Å². The molecule has 104 valence electrons. The van der Waals surface area contributed by atoms with E-state index in [9.17, 15) is 10.1 Å². The van der Waals surface area contributed by atoms with Crippen LogP contribution in [0.1, 0.15) is 22.3 Å². The van der Waals surface area contributed by atoms with Crippen LogP contribution in [0.25, 0.3) is 0 Å². The predicted octanol–water partition coefficient (Wildman–Crippen LogP) is 3.36. The molecule has 21 heavy (non-hydrogen) atoms. The summed E-state index contributed by atoms with van der Waals surface area (Å²) in [6.07, 6.45) is 0.587. The van der Waals surface area contributed by atoms with Crippen molar-refractivity contribution in [1.82, 2.24) is 0 Å². The minimum Gasteiger partial charge on any atom is -0.497 e. The van der Waals surface area contributed by atoms with Gasteiger partial charge in [-0.3, -0.25) is 4.79 Å². The topological polar surface area (TPSA) is 50.1 Å². The van der Waals surface area contributed by atoms with Crippen LogP contribution in [0.2, 0.25) is 0 Å². The van der Waals surface area contributed by atoms with Crippen LogP contribution in [0.5, 0.6) is 5.75 Å². The summed E-state index contributed by atoms with van der Waals surface area (Å²) in [5.41, 5.74) is 0.882. The van der Waals surface area contributed by atoms with Crippen LogP contribution in [0.3, 0.4) is 0 Å². The van der Waals surface area contributed by atoms with Crippen LogP contribution in [0, 0.1) is 17.2 Å². The molecule has 0 heterocycles. The van der Waals surface area contributed by atoms with Crippen molar-refractivity contribution in [3.8, 4) is 11.8 Å². The van der Waals surface area contributed by atoms with E-state index in [1.165, 1.54) is 0 Å². The lowest BCUT2D eigenvalue weighted by atomic mass is 9.92. The first kappa shape index (κ1) is 13.4. The predicted molar refractivity (Wildman–Crippen MR) is 79.2 cm³/mol. The van der Waals surface area contributed by atoms with Crippen molar-refractivity contribution in [3.05, 3.63) is 65.7 Å². The Hall–Kier alpha value is -2.60. The zero-order chi connectivity index (χ0) is 14.9. The molecular weight excluding hydrogens is 262 g/mol. The summed E-state index contributed by atoms with van der Waals surface area (Å²) in [6.45, 7) is 0. The third-order valence-electron chi connectivity index (χ3n) is 4.14. The Morgan fingerprint density at radius 3 is 2.43 bits per heavy atom. The molecule has 3 nitrogen and oxygen atoms in total. The van der Waals surface area contributed by atoms with Crippen molar-refractivity contribution in [2.24, 2.45) is 5.92 Å². The highest BCUT2D eigenvalue weighted by Gasteiger charge is 2.60. The Morgan fingerprint density at radius 2 is 1.86 bits per heavy atom. The number of benzene rings is 2. The molecule has 3 rings (SSSR count). The first-order valence-corrected chi connectivity index (χ1v) is 6.86. The zero-order valence-corrected chi connectivity index (χ0v) is 11.7. The summed E-state index contributed by atoms with van der Waals surface area (Å²) in [4.78, 5) is 12.5. The Bertz CT molecular complexity index is 700. The maximum Gasteiger partial charge on any atom is 0.167 e. The molecule has 1 fully saturated rings. The van der Waals surface area contributed by atoms with Crippen LogP contribution in [-0.4, -0.2) is 12.9 Å². The molecule has 0 saturated heterocycles. The minimum atomic E-state index is -0.681. The van der Waals surface area contributed by atoms with Gasteiger partial charge in [0.25, 0.3) is 0 Å². The van der Waals surface area contributed by atoms with Gasteiger partial charge in [-0.2, -0.15) is 5.26 Å². The van der Waals surface area contributed by atoms with Crippen molar-refractivity contribution in [3.63, 3.8) is 0 Å². The minimum absolute atomic E-state index is 0.0490. The fourth-order valence-corrected chi connectivity index (χ4v) is 2.78. The number of methoxy groups -OCH3 is 1. The zero-order valence-electron chi connectivity index (χ0n) is 11.7. The van der Waals surface area contributed by atoms with E-state index in [1.807, 2.05) is 42.5 Å². The van der Waals surface area contributed by atoms with Crippen LogP contribution in [0.4, 0.5) is 0 Å². The molecule has 0 aliphatic heterocycles. The second-order valence-electron chi connectivity index (χ2n) is 5.30. The van der Waals surface area contributed by atoms with Crippen LogP contribution in [0.15, 0.2) is 54.6 Å². The van der Waals surface area contributed by atoms with E-state index in [2.05, 4.69) is 6.07 Å². The molecule has 1 aliphatic carbocycles. The lowest BCUT2D eigenvalue weighted by Crippen LogP contribution is -2.13. The summed E-state index contributed by atoms with van der Waals surface area (Å²) in [7, 11) is 1.61. The number of carbonyl (C=O) groups is 1. The Labute approximate surface area is 123 Å². The molecule has 2 unspecified atom stereocenters. The van der Waals surface area contributed by atoms with Gasteiger partial charge in [0.15, 0.2) is 5.78 Å². The Balaban J connectivity index is 1.88. The number of hydrogen-bond donors (Lipinski definition) is 0. The molecule has 2 aromatic carbocycles. The average molecular weight is 277 g/mol. The van der Waals surface area contributed by atoms with E-state index < -0.39 is 5.41 Å². The fraction of sp³-hybridized carbons (Fsp3) is 0.222. The fourth-order valence-electron chi connectivity index (χ4n) is 2.78. The number of rotatable bonds is 4. The van der Waals surface area contributed by atoms with Gasteiger partial charge in [0.2, 0.25) is 0 Å². The molecule has 0 spiro atoms. The van der Waals surface area contributed by atoms with Gasteiger partial charge in [-0.05, 0) is 24.1 Å². The van der Waals surface area contributed by atoms with Gasteiger partial charge in [-0.25, -0.2) is 0 Å². The summed E-state index contributed by atoms with van der Waals surface area (Å²) in [6, 6.07) is 18.9. The number of ether oxygens (including phenoxy) is 1. The number of nitriles is 1. The van der Waals surface area contributed by atoms with E-state index in [-0.39, 0.29) is 11.7 Å². The summed E-state index contributed by atoms with van der Waals surface area (Å²) >= 11 is 0. The number of Topliss-reactive ketones (excluding diaryl/α,β-unsaturated/α-hetero) is 1. The smallest absolute Gasteiger partial charge is 0.167 e. The summed E-state index contributed by atoms with van der Waals surface area (Å²) < 4.78 is 5.13. The maximum atomic E-state index is 12.5. The normalized spacial score (nSPS) is 23.1. The van der Waals surface area contributed by atoms with Crippen molar-refractivity contribution in [2.75, 3.05) is 7.11 Å². The Kier molecular flexibility index (Phi) is 3.23. The molecule has 1 saturated carbocycles. The third kappa shape index (κ3) is 2.19. The van der Waals surface area contributed by atoms with Gasteiger partial charge >= 0.3 is 0 Å².